The highest BCUT2D eigenvalue weighted by molar-refractivity contribution is 6.30. The van der Waals surface area contributed by atoms with E-state index < -0.39 is 23.6 Å². The molecule has 9 heteroatoms. The van der Waals surface area contributed by atoms with Crippen LogP contribution in [-0.4, -0.2) is 53.5 Å². The van der Waals surface area contributed by atoms with Crippen molar-refractivity contribution in [3.8, 4) is 0 Å². The average Bonchev–Trinajstić information content (AvgIpc) is 2.90. The molecule has 140 valence electrons. The van der Waals surface area contributed by atoms with Crippen LogP contribution in [0.1, 0.15) is 12.0 Å². The van der Waals surface area contributed by atoms with Gasteiger partial charge >= 0.3 is 6.09 Å². The number of carbonyl (C=O) groups is 2. The van der Waals surface area contributed by atoms with Crippen LogP contribution in [0.2, 0.25) is 5.02 Å². The van der Waals surface area contributed by atoms with Gasteiger partial charge < -0.3 is 25.4 Å². The number of amides is 2. The minimum absolute atomic E-state index is 0.0361. The highest BCUT2D eigenvalue weighted by Gasteiger charge is 2.62. The molecule has 1 unspecified atom stereocenters. The van der Waals surface area contributed by atoms with E-state index in [0.717, 1.165) is 19.2 Å². The molecule has 26 heavy (non-hydrogen) atoms. The molecule has 1 aromatic carbocycles. The zero-order valence-electron chi connectivity index (χ0n) is 13.9. The number of likely N-dealkylation sites (tertiary alicyclic amines) is 1. The van der Waals surface area contributed by atoms with Gasteiger partial charge in [-0.05, 0) is 35.6 Å². The quantitative estimate of drug-likeness (QED) is 0.670. The Morgan fingerprint density at radius 2 is 2.15 bits per heavy atom. The summed E-state index contributed by atoms with van der Waals surface area (Å²) >= 11 is 5.76. The van der Waals surface area contributed by atoms with Gasteiger partial charge in [0.15, 0.2) is 0 Å². The molecule has 7 nitrogen and oxygen atoms in total. The Hall–Kier alpha value is -1.90. The predicted octanol–water partition coefficient (Wildman–Crippen LogP) is 0.844. The van der Waals surface area contributed by atoms with Crippen LogP contribution in [0.5, 0.6) is 0 Å². The molecule has 0 radical (unpaired) electrons. The standard InChI is InChI=1S/C17H19ClFN3O4/c18-10-3-9(4-11(19)5-10)6-21-16(24)26-17(25)1-2-22(15(17)23)14-12-7-20-8-13(12)14/h3-5,12-14,20,25H,1-2,6-8H2,(H,21,24)/t12-,13+,14+,17?. The first-order valence-electron chi connectivity index (χ1n) is 8.53. The molecule has 2 amide bonds. The summed E-state index contributed by atoms with van der Waals surface area (Å²) in [5.41, 5.74) is 0.441. The van der Waals surface area contributed by atoms with Crippen LogP contribution in [0.4, 0.5) is 9.18 Å². The van der Waals surface area contributed by atoms with Crippen LogP contribution in [0, 0.1) is 17.7 Å². The van der Waals surface area contributed by atoms with Gasteiger partial charge in [-0.25, -0.2) is 9.18 Å². The van der Waals surface area contributed by atoms with E-state index in [9.17, 15) is 19.1 Å². The summed E-state index contributed by atoms with van der Waals surface area (Å²) in [6, 6.07) is 4.00. The van der Waals surface area contributed by atoms with Crippen molar-refractivity contribution < 1.29 is 23.8 Å². The van der Waals surface area contributed by atoms with Crippen LogP contribution in [0.25, 0.3) is 0 Å². The van der Waals surface area contributed by atoms with Crippen LogP contribution >= 0.6 is 11.6 Å². The second kappa shape index (κ2) is 6.37. The number of fused-ring (bicyclic) bond motifs is 1. The number of aliphatic hydroxyl groups is 1. The highest BCUT2D eigenvalue weighted by Crippen LogP contribution is 2.48. The Morgan fingerprint density at radius 1 is 1.42 bits per heavy atom. The van der Waals surface area contributed by atoms with Crippen molar-refractivity contribution in [1.82, 2.24) is 15.5 Å². The zero-order valence-corrected chi connectivity index (χ0v) is 14.6. The largest absolute Gasteiger partial charge is 0.410 e. The molecule has 0 aromatic heterocycles. The van der Waals surface area contributed by atoms with Crippen molar-refractivity contribution in [2.45, 2.75) is 24.8 Å². The summed E-state index contributed by atoms with van der Waals surface area (Å²) in [6.07, 6.45) is -0.908. The molecular weight excluding hydrogens is 365 g/mol. The Balaban J connectivity index is 1.33. The number of alkyl carbamates (subject to hydrolysis) is 1. The summed E-state index contributed by atoms with van der Waals surface area (Å²) in [6.45, 7) is 2.06. The number of nitrogens with zero attached hydrogens (tertiary/aromatic N) is 1. The van der Waals surface area contributed by atoms with E-state index in [2.05, 4.69) is 10.6 Å². The molecular formula is C17H19ClFN3O4. The number of benzene rings is 1. The number of hydrogen-bond acceptors (Lipinski definition) is 5. The lowest BCUT2D eigenvalue weighted by Gasteiger charge is -2.23. The third-order valence-electron chi connectivity index (χ3n) is 5.31. The van der Waals surface area contributed by atoms with Gasteiger partial charge in [0.05, 0.1) is 0 Å². The maximum Gasteiger partial charge on any atom is 0.410 e. The highest BCUT2D eigenvalue weighted by atomic mass is 35.5. The molecule has 1 saturated carbocycles. The maximum absolute atomic E-state index is 13.3. The van der Waals surface area contributed by atoms with E-state index in [0.29, 0.717) is 23.9 Å². The number of rotatable bonds is 4. The molecule has 2 heterocycles. The van der Waals surface area contributed by atoms with Crippen molar-refractivity contribution in [3.05, 3.63) is 34.6 Å². The average molecular weight is 384 g/mol. The van der Waals surface area contributed by atoms with Gasteiger partial charge in [0.1, 0.15) is 5.82 Å². The molecule has 1 aromatic rings. The molecule has 1 aliphatic carbocycles. The maximum atomic E-state index is 13.3. The first kappa shape index (κ1) is 17.5. The summed E-state index contributed by atoms with van der Waals surface area (Å²) in [5, 5.41) is 16.3. The molecule has 4 rings (SSSR count). The molecule has 3 N–H and O–H groups in total. The van der Waals surface area contributed by atoms with Gasteiger partial charge in [0, 0.05) is 43.7 Å². The predicted molar refractivity (Wildman–Crippen MR) is 89.6 cm³/mol. The van der Waals surface area contributed by atoms with Crippen LogP contribution < -0.4 is 10.6 Å². The van der Waals surface area contributed by atoms with E-state index in [1.807, 2.05) is 0 Å². The van der Waals surface area contributed by atoms with Gasteiger partial charge in [0.2, 0.25) is 0 Å². The number of hydrogen-bond donors (Lipinski definition) is 3. The van der Waals surface area contributed by atoms with E-state index in [1.54, 1.807) is 4.90 Å². The number of piperidine rings is 1. The lowest BCUT2D eigenvalue weighted by Crippen LogP contribution is -2.47. The van der Waals surface area contributed by atoms with E-state index in [-0.39, 0.29) is 24.0 Å². The fraction of sp³-hybridized carbons (Fsp3) is 0.529. The normalized spacial score (nSPS) is 32.5. The molecule has 3 fully saturated rings. The minimum atomic E-state index is -2.14. The first-order chi connectivity index (χ1) is 12.4. The lowest BCUT2D eigenvalue weighted by molar-refractivity contribution is -0.182. The molecule has 3 aliphatic rings. The van der Waals surface area contributed by atoms with Crippen molar-refractivity contribution in [3.63, 3.8) is 0 Å². The van der Waals surface area contributed by atoms with Crippen molar-refractivity contribution in [2.75, 3.05) is 19.6 Å². The number of carbonyl (C=O) groups excluding carboxylic acids is 2. The van der Waals surface area contributed by atoms with Crippen LogP contribution in [0.3, 0.4) is 0 Å². The Morgan fingerprint density at radius 3 is 2.85 bits per heavy atom. The fourth-order valence-electron chi connectivity index (χ4n) is 4.01. The lowest BCUT2D eigenvalue weighted by atomic mass is 10.2. The van der Waals surface area contributed by atoms with Crippen LogP contribution in [-0.2, 0) is 16.1 Å². The van der Waals surface area contributed by atoms with E-state index in [1.165, 1.54) is 12.1 Å². The summed E-state index contributed by atoms with van der Waals surface area (Å²) < 4.78 is 18.3. The smallest absolute Gasteiger partial charge is 0.407 e. The molecule has 0 bridgehead atoms. The Labute approximate surface area is 154 Å². The zero-order chi connectivity index (χ0) is 18.5. The minimum Gasteiger partial charge on any atom is -0.407 e. The van der Waals surface area contributed by atoms with Gasteiger partial charge in [-0.1, -0.05) is 11.6 Å². The number of nitrogens with one attached hydrogen (secondary N) is 2. The summed E-state index contributed by atoms with van der Waals surface area (Å²) in [5.74, 6) is -2.39. The monoisotopic (exact) mass is 383 g/mol. The van der Waals surface area contributed by atoms with E-state index >= 15 is 0 Å². The molecule has 2 aliphatic heterocycles. The molecule has 2 saturated heterocycles. The van der Waals surface area contributed by atoms with Crippen LogP contribution in [0.15, 0.2) is 18.2 Å². The number of halogens is 2. The second-order valence-electron chi connectivity index (χ2n) is 7.03. The Kier molecular flexibility index (Phi) is 4.29. The van der Waals surface area contributed by atoms with Crippen molar-refractivity contribution in [1.29, 1.82) is 0 Å². The molecule has 4 atom stereocenters. The topological polar surface area (TPSA) is 90.9 Å². The second-order valence-corrected chi connectivity index (χ2v) is 7.47. The fourth-order valence-corrected chi connectivity index (χ4v) is 4.25. The summed E-state index contributed by atoms with van der Waals surface area (Å²) in [4.78, 5) is 26.1. The van der Waals surface area contributed by atoms with Crippen molar-refractivity contribution in [2.24, 2.45) is 11.8 Å². The van der Waals surface area contributed by atoms with E-state index in [4.69, 9.17) is 16.3 Å². The summed E-state index contributed by atoms with van der Waals surface area (Å²) in [7, 11) is 0. The van der Waals surface area contributed by atoms with Gasteiger partial charge in [-0.15, -0.1) is 0 Å². The van der Waals surface area contributed by atoms with Gasteiger partial charge in [0.25, 0.3) is 11.7 Å². The Bertz CT molecular complexity index is 733. The SMILES string of the molecule is O=C(NCc1cc(F)cc(Cl)c1)OC1(O)CCN([C@H]2[C@@H]3CNC[C@@H]32)C1=O. The van der Waals surface area contributed by atoms with Gasteiger partial charge in [-0.3, -0.25) is 4.79 Å². The van der Waals surface area contributed by atoms with Crippen molar-refractivity contribution >= 4 is 23.6 Å². The third kappa shape index (κ3) is 3.13. The van der Waals surface area contributed by atoms with Gasteiger partial charge in [-0.2, -0.15) is 0 Å². The number of ether oxygens (including phenoxy) is 1. The third-order valence-corrected chi connectivity index (χ3v) is 5.53. The molecule has 0 spiro atoms. The first-order valence-corrected chi connectivity index (χ1v) is 8.91.